The number of halogens is 1. The van der Waals surface area contributed by atoms with Crippen molar-refractivity contribution in [2.75, 3.05) is 18.5 Å². The highest BCUT2D eigenvalue weighted by Gasteiger charge is 2.18. The van der Waals surface area contributed by atoms with Gasteiger partial charge in [0.15, 0.2) is 0 Å². The van der Waals surface area contributed by atoms with Gasteiger partial charge < -0.3 is 14.5 Å². The van der Waals surface area contributed by atoms with E-state index in [1.165, 1.54) is 0 Å². The maximum atomic E-state index is 13.5. The van der Waals surface area contributed by atoms with Crippen molar-refractivity contribution in [2.24, 2.45) is 7.05 Å². The molecule has 0 spiro atoms. The van der Waals surface area contributed by atoms with Gasteiger partial charge in [0, 0.05) is 54.0 Å². The van der Waals surface area contributed by atoms with Gasteiger partial charge in [-0.15, -0.1) is 10.2 Å². The quantitative estimate of drug-likeness (QED) is 0.312. The molecule has 9 nitrogen and oxygen atoms in total. The SMILES string of the molecule is Cc1ccc(-c2nnc(Cc3cccc(Cl)c3)o2)cc1-c1cc2cnc(NC3CCOCC3)nc2n(C)c1=O. The Bertz CT molecular complexity index is 1720. The van der Waals surface area contributed by atoms with Gasteiger partial charge in [-0.1, -0.05) is 29.8 Å². The number of nitrogens with zero attached hydrogens (tertiary/aromatic N) is 5. The third-order valence-electron chi connectivity index (χ3n) is 6.99. The molecule has 0 atom stereocenters. The molecule has 5 aromatic rings. The monoisotopic (exact) mass is 542 g/mol. The molecule has 0 aliphatic carbocycles. The van der Waals surface area contributed by atoms with Crippen LogP contribution in [-0.2, 0) is 18.2 Å². The second kappa shape index (κ2) is 10.6. The third kappa shape index (κ3) is 5.28. The smallest absolute Gasteiger partial charge is 0.259 e. The molecule has 1 aliphatic heterocycles. The highest BCUT2D eigenvalue weighted by atomic mass is 35.5. The average Bonchev–Trinajstić information content (AvgIpc) is 3.40. The van der Waals surface area contributed by atoms with E-state index in [0.717, 1.165) is 53.7 Å². The Labute approximate surface area is 229 Å². The summed E-state index contributed by atoms with van der Waals surface area (Å²) in [5, 5.41) is 13.3. The molecule has 0 bridgehead atoms. The van der Waals surface area contributed by atoms with Crippen molar-refractivity contribution >= 4 is 28.6 Å². The first-order valence-corrected chi connectivity index (χ1v) is 13.2. The van der Waals surface area contributed by atoms with E-state index >= 15 is 0 Å². The van der Waals surface area contributed by atoms with Crippen molar-refractivity contribution in [1.29, 1.82) is 0 Å². The molecule has 6 rings (SSSR count). The Morgan fingerprint density at radius 1 is 1.08 bits per heavy atom. The maximum Gasteiger partial charge on any atom is 0.259 e. The number of hydrogen-bond acceptors (Lipinski definition) is 8. The van der Waals surface area contributed by atoms with E-state index in [1.807, 2.05) is 55.5 Å². The molecular formula is C29H27ClN6O3. The number of ether oxygens (including phenoxy) is 1. The number of hydrogen-bond donors (Lipinski definition) is 1. The average molecular weight is 543 g/mol. The van der Waals surface area contributed by atoms with Gasteiger partial charge in [0.25, 0.3) is 5.56 Å². The van der Waals surface area contributed by atoms with Gasteiger partial charge in [0.1, 0.15) is 5.65 Å². The minimum Gasteiger partial charge on any atom is -0.420 e. The zero-order valence-corrected chi connectivity index (χ0v) is 22.4. The van der Waals surface area contributed by atoms with Gasteiger partial charge in [-0.05, 0) is 66.8 Å². The fourth-order valence-electron chi connectivity index (χ4n) is 4.84. The summed E-state index contributed by atoms with van der Waals surface area (Å²) in [6.07, 6.45) is 4.03. The zero-order valence-electron chi connectivity index (χ0n) is 21.6. The first kappa shape index (κ1) is 25.2. The molecule has 10 heteroatoms. The van der Waals surface area contributed by atoms with Crippen LogP contribution in [-0.4, -0.2) is 44.0 Å². The number of anilines is 1. The molecule has 0 saturated carbocycles. The van der Waals surface area contributed by atoms with E-state index in [4.69, 9.17) is 20.8 Å². The van der Waals surface area contributed by atoms with Crippen LogP contribution in [0.15, 0.2) is 63.9 Å². The van der Waals surface area contributed by atoms with Crippen molar-refractivity contribution in [3.05, 3.63) is 87.1 Å². The Hall–Kier alpha value is -4.08. The van der Waals surface area contributed by atoms with E-state index in [-0.39, 0.29) is 11.6 Å². The van der Waals surface area contributed by atoms with Crippen molar-refractivity contribution in [3.8, 4) is 22.6 Å². The van der Waals surface area contributed by atoms with Crippen LogP contribution in [0.5, 0.6) is 0 Å². The van der Waals surface area contributed by atoms with Gasteiger partial charge in [-0.2, -0.15) is 4.98 Å². The van der Waals surface area contributed by atoms with Crippen LogP contribution in [0.3, 0.4) is 0 Å². The largest absolute Gasteiger partial charge is 0.420 e. The molecule has 0 radical (unpaired) electrons. The molecule has 1 saturated heterocycles. The molecule has 1 aliphatic rings. The molecular weight excluding hydrogens is 516 g/mol. The predicted octanol–water partition coefficient (Wildman–Crippen LogP) is 5.19. The number of benzene rings is 2. The van der Waals surface area contributed by atoms with Crippen LogP contribution in [0.2, 0.25) is 5.02 Å². The third-order valence-corrected chi connectivity index (χ3v) is 7.22. The first-order valence-electron chi connectivity index (χ1n) is 12.8. The fraction of sp³-hybridized carbons (Fsp3) is 0.276. The van der Waals surface area contributed by atoms with E-state index in [1.54, 1.807) is 17.8 Å². The van der Waals surface area contributed by atoms with Crippen molar-refractivity contribution in [3.63, 3.8) is 0 Å². The van der Waals surface area contributed by atoms with Crippen LogP contribution in [0.4, 0.5) is 5.95 Å². The van der Waals surface area contributed by atoms with Crippen LogP contribution in [0, 0.1) is 6.92 Å². The van der Waals surface area contributed by atoms with Crippen LogP contribution in [0.1, 0.15) is 29.9 Å². The van der Waals surface area contributed by atoms with Gasteiger partial charge in [0.05, 0.1) is 6.42 Å². The standard InChI is InChI=1S/C29H27ClN6O3/c1-17-6-7-19(27-35-34-25(39-27)13-18-4-3-5-21(30)12-18)14-23(17)24-15-20-16-31-29(32-22-8-10-38-11-9-22)33-26(20)36(2)28(24)37/h3-7,12,14-16,22H,8-11,13H2,1-2H3,(H,31,32,33). The van der Waals surface area contributed by atoms with Crippen molar-refractivity contribution in [2.45, 2.75) is 32.2 Å². The summed E-state index contributed by atoms with van der Waals surface area (Å²) in [6.45, 7) is 3.41. The lowest BCUT2D eigenvalue weighted by molar-refractivity contribution is 0.0903. The van der Waals surface area contributed by atoms with Gasteiger partial charge in [-0.25, -0.2) is 4.98 Å². The van der Waals surface area contributed by atoms with E-state index in [0.29, 0.717) is 40.4 Å². The van der Waals surface area contributed by atoms with Crippen molar-refractivity contribution < 1.29 is 9.15 Å². The number of rotatable bonds is 6. The fourth-order valence-corrected chi connectivity index (χ4v) is 5.06. The number of fused-ring (bicyclic) bond motifs is 1. The summed E-state index contributed by atoms with van der Waals surface area (Å²) < 4.78 is 13.0. The zero-order chi connectivity index (χ0) is 26.9. The summed E-state index contributed by atoms with van der Waals surface area (Å²) in [5.41, 5.74) is 4.43. The lowest BCUT2D eigenvalue weighted by Gasteiger charge is -2.23. The van der Waals surface area contributed by atoms with Crippen molar-refractivity contribution in [1.82, 2.24) is 24.7 Å². The molecule has 3 aromatic heterocycles. The predicted molar refractivity (Wildman–Crippen MR) is 150 cm³/mol. The first-order chi connectivity index (χ1) is 18.9. The van der Waals surface area contributed by atoms with E-state index in [9.17, 15) is 4.79 Å². The van der Waals surface area contributed by atoms with Crippen LogP contribution in [0.25, 0.3) is 33.6 Å². The number of pyridine rings is 1. The molecule has 0 unspecified atom stereocenters. The molecule has 39 heavy (non-hydrogen) atoms. The topological polar surface area (TPSA) is 108 Å². The molecule has 2 aromatic carbocycles. The second-order valence-corrected chi connectivity index (χ2v) is 10.2. The second-order valence-electron chi connectivity index (χ2n) is 9.76. The van der Waals surface area contributed by atoms with E-state index in [2.05, 4.69) is 25.5 Å². The summed E-state index contributed by atoms with van der Waals surface area (Å²) in [7, 11) is 1.73. The molecule has 198 valence electrons. The van der Waals surface area contributed by atoms with Gasteiger partial charge in [0.2, 0.25) is 17.7 Å². The summed E-state index contributed by atoms with van der Waals surface area (Å²) >= 11 is 6.10. The van der Waals surface area contributed by atoms with Gasteiger partial charge >= 0.3 is 0 Å². The normalized spacial score (nSPS) is 14.1. The lowest BCUT2D eigenvalue weighted by atomic mass is 9.98. The minimum atomic E-state index is -0.148. The van der Waals surface area contributed by atoms with Gasteiger partial charge in [-0.3, -0.25) is 9.36 Å². The Morgan fingerprint density at radius 3 is 2.74 bits per heavy atom. The highest BCUT2D eigenvalue weighted by Crippen LogP contribution is 2.29. The van der Waals surface area contributed by atoms with E-state index < -0.39 is 0 Å². The molecule has 0 amide bonds. The summed E-state index contributed by atoms with van der Waals surface area (Å²) in [5.74, 6) is 1.39. The lowest BCUT2D eigenvalue weighted by Crippen LogP contribution is -2.29. The van der Waals surface area contributed by atoms with Crippen LogP contribution >= 0.6 is 11.6 Å². The number of aromatic nitrogens is 5. The Kier molecular flexibility index (Phi) is 6.85. The number of aryl methyl sites for hydroxylation is 2. The molecule has 1 fully saturated rings. The minimum absolute atomic E-state index is 0.148. The van der Waals surface area contributed by atoms with Crippen LogP contribution < -0.4 is 10.9 Å². The molecule has 4 heterocycles. The molecule has 1 N–H and O–H groups in total. The summed E-state index contributed by atoms with van der Waals surface area (Å²) in [4.78, 5) is 22.7. The Balaban J connectivity index is 1.31. The Morgan fingerprint density at radius 2 is 1.92 bits per heavy atom. The number of nitrogens with one attached hydrogen (secondary N) is 1. The maximum absolute atomic E-state index is 13.5. The highest BCUT2D eigenvalue weighted by molar-refractivity contribution is 6.30. The summed E-state index contributed by atoms with van der Waals surface area (Å²) in [6, 6.07) is 15.4.